The molecule has 0 aromatic carbocycles. The molecular formula is C12H19NO5. The van der Waals surface area contributed by atoms with Crippen LogP contribution in [-0.4, -0.2) is 48.0 Å². The number of nitrogens with zero attached hydrogens (tertiary/aromatic N) is 1. The average molecular weight is 257 g/mol. The van der Waals surface area contributed by atoms with Gasteiger partial charge in [0.05, 0.1) is 7.11 Å². The van der Waals surface area contributed by atoms with Gasteiger partial charge in [0.25, 0.3) is 0 Å². The quantitative estimate of drug-likeness (QED) is 0.688. The predicted molar refractivity (Wildman–Crippen MR) is 62.6 cm³/mol. The molecule has 0 aromatic rings. The molecule has 102 valence electrons. The van der Waals surface area contributed by atoms with Crippen molar-refractivity contribution in [2.24, 2.45) is 0 Å². The van der Waals surface area contributed by atoms with Crippen molar-refractivity contribution in [1.82, 2.24) is 4.90 Å². The third-order valence-corrected chi connectivity index (χ3v) is 2.52. The first-order valence-corrected chi connectivity index (χ1v) is 5.84. The summed E-state index contributed by atoms with van der Waals surface area (Å²) in [6.07, 6.45) is 0.636. The largest absolute Gasteiger partial charge is 0.467 e. The van der Waals surface area contributed by atoms with E-state index in [9.17, 15) is 14.4 Å². The van der Waals surface area contributed by atoms with E-state index in [-0.39, 0.29) is 18.9 Å². The van der Waals surface area contributed by atoms with E-state index in [0.717, 1.165) is 0 Å². The fraction of sp³-hybridized carbons (Fsp3) is 0.750. The van der Waals surface area contributed by atoms with Gasteiger partial charge in [-0.25, -0.2) is 4.79 Å². The average Bonchev–Trinajstić information content (AvgIpc) is 2.57. The Morgan fingerprint density at radius 2 is 2.00 bits per heavy atom. The molecule has 1 aliphatic rings. The Bertz CT molecular complexity index is 358. The Morgan fingerprint density at radius 1 is 1.39 bits per heavy atom. The van der Waals surface area contributed by atoms with Crippen molar-refractivity contribution in [3.05, 3.63) is 0 Å². The van der Waals surface area contributed by atoms with E-state index in [1.165, 1.54) is 12.0 Å². The minimum atomic E-state index is -0.671. The van der Waals surface area contributed by atoms with Crippen LogP contribution in [0.2, 0.25) is 0 Å². The number of esters is 2. The van der Waals surface area contributed by atoms with Gasteiger partial charge in [-0.1, -0.05) is 0 Å². The smallest absolute Gasteiger partial charge is 0.328 e. The van der Waals surface area contributed by atoms with Crippen molar-refractivity contribution in [1.29, 1.82) is 0 Å². The van der Waals surface area contributed by atoms with Gasteiger partial charge in [0.15, 0.2) is 0 Å². The van der Waals surface area contributed by atoms with Crippen LogP contribution >= 0.6 is 0 Å². The van der Waals surface area contributed by atoms with Crippen molar-refractivity contribution in [2.45, 2.75) is 45.3 Å². The van der Waals surface area contributed by atoms with Crippen LogP contribution in [0.15, 0.2) is 0 Å². The second-order valence-electron chi connectivity index (χ2n) is 5.19. The van der Waals surface area contributed by atoms with Gasteiger partial charge in [0, 0.05) is 6.42 Å². The zero-order chi connectivity index (χ0) is 13.9. The summed E-state index contributed by atoms with van der Waals surface area (Å²) >= 11 is 0. The number of hydrogen-bond acceptors (Lipinski definition) is 5. The minimum Gasteiger partial charge on any atom is -0.467 e. The number of likely N-dealkylation sites (tertiary alicyclic amines) is 1. The van der Waals surface area contributed by atoms with Gasteiger partial charge in [-0.3, -0.25) is 9.59 Å². The molecule has 0 bridgehead atoms. The lowest BCUT2D eigenvalue weighted by Crippen LogP contribution is -2.43. The Kier molecular flexibility index (Phi) is 4.32. The molecule has 18 heavy (non-hydrogen) atoms. The second kappa shape index (κ2) is 5.37. The Morgan fingerprint density at radius 3 is 2.50 bits per heavy atom. The van der Waals surface area contributed by atoms with E-state index in [0.29, 0.717) is 6.42 Å². The lowest BCUT2D eigenvalue weighted by atomic mass is 10.2. The lowest BCUT2D eigenvalue weighted by Gasteiger charge is -2.25. The molecule has 0 radical (unpaired) electrons. The predicted octanol–water partition coefficient (Wildman–Crippen LogP) is 0.492. The second-order valence-corrected chi connectivity index (χ2v) is 5.19. The van der Waals surface area contributed by atoms with Crippen molar-refractivity contribution >= 4 is 17.8 Å². The van der Waals surface area contributed by atoms with Crippen molar-refractivity contribution in [2.75, 3.05) is 13.7 Å². The van der Waals surface area contributed by atoms with Gasteiger partial charge in [-0.15, -0.1) is 0 Å². The highest BCUT2D eigenvalue weighted by atomic mass is 16.6. The number of hydrogen-bond donors (Lipinski definition) is 0. The van der Waals surface area contributed by atoms with Crippen LogP contribution in [0.25, 0.3) is 0 Å². The molecule has 1 atom stereocenters. The van der Waals surface area contributed by atoms with Gasteiger partial charge in [-0.2, -0.15) is 0 Å². The van der Waals surface area contributed by atoms with Crippen LogP contribution in [0.3, 0.4) is 0 Å². The van der Waals surface area contributed by atoms with Crippen LogP contribution < -0.4 is 0 Å². The molecular weight excluding hydrogens is 238 g/mol. The summed E-state index contributed by atoms with van der Waals surface area (Å²) in [6.45, 7) is 5.02. The summed E-state index contributed by atoms with van der Waals surface area (Å²) in [5, 5.41) is 0. The molecule has 0 N–H and O–H groups in total. The van der Waals surface area contributed by atoms with E-state index in [4.69, 9.17) is 4.74 Å². The third kappa shape index (κ3) is 3.72. The van der Waals surface area contributed by atoms with E-state index >= 15 is 0 Å². The van der Waals surface area contributed by atoms with Gasteiger partial charge >= 0.3 is 11.9 Å². The van der Waals surface area contributed by atoms with E-state index in [1.807, 2.05) is 0 Å². The fourth-order valence-corrected chi connectivity index (χ4v) is 1.83. The summed E-state index contributed by atoms with van der Waals surface area (Å²) < 4.78 is 9.73. The van der Waals surface area contributed by atoms with Crippen LogP contribution in [0.5, 0.6) is 0 Å². The Labute approximate surface area is 106 Å². The molecule has 0 unspecified atom stereocenters. The zero-order valence-electron chi connectivity index (χ0n) is 11.2. The van der Waals surface area contributed by atoms with Gasteiger partial charge < -0.3 is 14.4 Å². The molecule has 6 nitrogen and oxygen atoms in total. The number of carbonyl (C=O) groups is 3. The molecule has 1 aliphatic heterocycles. The maximum Gasteiger partial charge on any atom is 0.328 e. The molecule has 6 heteroatoms. The first-order chi connectivity index (χ1) is 8.24. The topological polar surface area (TPSA) is 72.9 Å². The summed E-state index contributed by atoms with van der Waals surface area (Å²) in [6, 6.07) is -0.671. The van der Waals surface area contributed by atoms with E-state index < -0.39 is 23.6 Å². The highest BCUT2D eigenvalue weighted by Gasteiger charge is 2.38. The minimum absolute atomic E-state index is 0.212. The van der Waals surface area contributed by atoms with E-state index in [1.54, 1.807) is 20.8 Å². The van der Waals surface area contributed by atoms with Crippen molar-refractivity contribution < 1.29 is 23.9 Å². The monoisotopic (exact) mass is 257 g/mol. The maximum atomic E-state index is 11.6. The van der Waals surface area contributed by atoms with Crippen LogP contribution in [0.1, 0.15) is 33.6 Å². The van der Waals surface area contributed by atoms with Crippen LogP contribution in [0.4, 0.5) is 0 Å². The highest BCUT2D eigenvalue weighted by molar-refractivity contribution is 5.90. The van der Waals surface area contributed by atoms with Crippen LogP contribution in [-0.2, 0) is 23.9 Å². The Balaban J connectivity index is 2.65. The standard InChI is InChI=1S/C12H19NO5/c1-12(2,3)18-10(15)7-13-8(11(16)17-4)5-6-9(13)14/h8H,5-7H2,1-4H3/t8-/m0/s1. The van der Waals surface area contributed by atoms with Gasteiger partial charge in [0.2, 0.25) is 5.91 Å². The van der Waals surface area contributed by atoms with Crippen molar-refractivity contribution in [3.63, 3.8) is 0 Å². The fourth-order valence-electron chi connectivity index (χ4n) is 1.83. The van der Waals surface area contributed by atoms with Crippen molar-refractivity contribution in [3.8, 4) is 0 Å². The number of methoxy groups -OCH3 is 1. The number of ether oxygens (including phenoxy) is 2. The molecule has 0 saturated carbocycles. The first kappa shape index (κ1) is 14.5. The van der Waals surface area contributed by atoms with E-state index in [2.05, 4.69) is 4.74 Å². The normalized spacial score (nSPS) is 19.9. The maximum absolute atomic E-state index is 11.6. The lowest BCUT2D eigenvalue weighted by molar-refractivity contribution is -0.161. The Hall–Kier alpha value is -1.59. The molecule has 1 heterocycles. The summed E-state index contributed by atoms with van der Waals surface area (Å²) in [7, 11) is 1.26. The molecule has 0 spiro atoms. The summed E-state index contributed by atoms with van der Waals surface area (Å²) in [5.41, 5.74) is -0.610. The number of rotatable bonds is 3. The molecule has 0 aliphatic carbocycles. The third-order valence-electron chi connectivity index (χ3n) is 2.52. The molecule has 0 aromatic heterocycles. The van der Waals surface area contributed by atoms with Crippen LogP contribution in [0, 0.1) is 0 Å². The molecule has 1 rings (SSSR count). The highest BCUT2D eigenvalue weighted by Crippen LogP contribution is 2.20. The van der Waals surface area contributed by atoms with Gasteiger partial charge in [0.1, 0.15) is 18.2 Å². The summed E-state index contributed by atoms with van der Waals surface area (Å²) in [4.78, 5) is 36.0. The summed E-state index contributed by atoms with van der Waals surface area (Å²) in [5.74, 6) is -1.24. The zero-order valence-corrected chi connectivity index (χ0v) is 11.2. The molecule has 1 saturated heterocycles. The SMILES string of the molecule is COC(=O)[C@@H]1CCC(=O)N1CC(=O)OC(C)(C)C. The molecule has 1 amide bonds. The molecule has 1 fully saturated rings. The first-order valence-electron chi connectivity index (χ1n) is 5.84. The number of amides is 1. The van der Waals surface area contributed by atoms with Gasteiger partial charge in [-0.05, 0) is 27.2 Å². The number of carbonyl (C=O) groups excluding carboxylic acids is 3.